The first-order chi connectivity index (χ1) is 9.67. The van der Waals surface area contributed by atoms with E-state index in [2.05, 4.69) is 28.3 Å². The van der Waals surface area contributed by atoms with E-state index in [4.69, 9.17) is 17.3 Å². The van der Waals surface area contributed by atoms with E-state index in [1.807, 2.05) is 24.3 Å². The Balaban J connectivity index is 2.11. The van der Waals surface area contributed by atoms with Gasteiger partial charge in [0.05, 0.1) is 16.1 Å². The maximum Gasteiger partial charge on any atom is 0.223 e. The normalized spacial score (nSPS) is 10.9. The lowest BCUT2D eigenvalue weighted by Gasteiger charge is -2.08. The molecule has 0 fully saturated rings. The Morgan fingerprint density at radius 3 is 2.85 bits per heavy atom. The van der Waals surface area contributed by atoms with Gasteiger partial charge in [-0.15, -0.1) is 11.3 Å². The van der Waals surface area contributed by atoms with Gasteiger partial charge in [0.15, 0.2) is 0 Å². The van der Waals surface area contributed by atoms with E-state index in [0.717, 1.165) is 22.3 Å². The third-order valence-electron chi connectivity index (χ3n) is 2.94. The molecule has 0 radical (unpaired) electrons. The van der Waals surface area contributed by atoms with E-state index in [0.29, 0.717) is 10.8 Å². The second-order valence-electron chi connectivity index (χ2n) is 4.32. The van der Waals surface area contributed by atoms with Crippen molar-refractivity contribution in [2.45, 2.75) is 13.3 Å². The highest BCUT2D eigenvalue weighted by Crippen LogP contribution is 2.33. The van der Waals surface area contributed by atoms with Crippen molar-refractivity contribution in [2.24, 2.45) is 0 Å². The molecule has 0 aliphatic carbocycles. The van der Waals surface area contributed by atoms with Crippen LogP contribution in [0.25, 0.3) is 10.2 Å². The predicted octanol–water partition coefficient (Wildman–Crippen LogP) is 4.23. The van der Waals surface area contributed by atoms with Gasteiger partial charge in [-0.2, -0.15) is 4.98 Å². The number of nitrogens with two attached hydrogens (primary N) is 1. The molecule has 3 aromatic rings. The van der Waals surface area contributed by atoms with E-state index in [1.54, 1.807) is 11.3 Å². The lowest BCUT2D eigenvalue weighted by molar-refractivity contribution is 1.19. The van der Waals surface area contributed by atoms with Gasteiger partial charge in [-0.05, 0) is 24.6 Å². The summed E-state index contributed by atoms with van der Waals surface area (Å²) in [5.41, 5.74) is 6.58. The van der Waals surface area contributed by atoms with Gasteiger partial charge in [-0.25, -0.2) is 4.98 Å². The van der Waals surface area contributed by atoms with Crippen molar-refractivity contribution in [3.63, 3.8) is 0 Å². The number of thiophene rings is 1. The van der Waals surface area contributed by atoms with Crippen LogP contribution >= 0.6 is 22.9 Å². The van der Waals surface area contributed by atoms with Gasteiger partial charge in [0.25, 0.3) is 0 Å². The summed E-state index contributed by atoms with van der Waals surface area (Å²) in [5, 5.41) is 4.85. The zero-order chi connectivity index (χ0) is 14.1. The van der Waals surface area contributed by atoms with E-state index in [9.17, 15) is 0 Å². The summed E-state index contributed by atoms with van der Waals surface area (Å²) >= 11 is 7.80. The molecule has 6 heteroatoms. The van der Waals surface area contributed by atoms with Crippen LogP contribution in [0.2, 0.25) is 5.02 Å². The number of nitrogens with zero attached hydrogens (tertiary/aromatic N) is 2. The number of hydrogen-bond acceptors (Lipinski definition) is 5. The molecule has 3 rings (SSSR count). The first-order valence-electron chi connectivity index (χ1n) is 6.25. The first-order valence-corrected chi connectivity index (χ1v) is 7.44. The van der Waals surface area contributed by atoms with Crippen molar-refractivity contribution in [1.82, 2.24) is 9.97 Å². The number of nitrogen functional groups attached to an aromatic ring is 1. The molecule has 0 spiro atoms. The molecule has 0 unspecified atom stereocenters. The Kier molecular flexibility index (Phi) is 3.46. The Hall–Kier alpha value is -1.85. The van der Waals surface area contributed by atoms with Crippen LogP contribution in [0.5, 0.6) is 0 Å². The van der Waals surface area contributed by atoms with Crippen LogP contribution in [0.3, 0.4) is 0 Å². The first kappa shape index (κ1) is 13.1. The lowest BCUT2D eigenvalue weighted by atomic mass is 10.3. The molecule has 0 saturated carbocycles. The number of aryl methyl sites for hydroxylation is 1. The molecular weight excluding hydrogens is 292 g/mol. The summed E-state index contributed by atoms with van der Waals surface area (Å²) in [5.74, 6) is 0.952. The molecule has 0 atom stereocenters. The maximum atomic E-state index is 6.16. The topological polar surface area (TPSA) is 63.8 Å². The van der Waals surface area contributed by atoms with Crippen LogP contribution < -0.4 is 11.1 Å². The van der Waals surface area contributed by atoms with Crippen LogP contribution in [0.1, 0.15) is 11.8 Å². The van der Waals surface area contributed by atoms with Gasteiger partial charge >= 0.3 is 0 Å². The minimum Gasteiger partial charge on any atom is -0.368 e. The van der Waals surface area contributed by atoms with Gasteiger partial charge in [0.2, 0.25) is 5.95 Å². The highest BCUT2D eigenvalue weighted by Gasteiger charge is 2.11. The molecule has 102 valence electrons. The van der Waals surface area contributed by atoms with E-state index in [1.165, 1.54) is 4.88 Å². The van der Waals surface area contributed by atoms with Crippen molar-refractivity contribution >= 4 is 50.6 Å². The van der Waals surface area contributed by atoms with Gasteiger partial charge in [-0.1, -0.05) is 30.7 Å². The molecule has 0 bridgehead atoms. The van der Waals surface area contributed by atoms with Crippen LogP contribution in [0.4, 0.5) is 17.5 Å². The molecule has 0 aliphatic heterocycles. The van der Waals surface area contributed by atoms with Crippen LogP contribution in [-0.4, -0.2) is 9.97 Å². The average Bonchev–Trinajstić information content (AvgIpc) is 2.84. The Morgan fingerprint density at radius 2 is 2.10 bits per heavy atom. The lowest BCUT2D eigenvalue weighted by Crippen LogP contribution is -2.00. The van der Waals surface area contributed by atoms with Gasteiger partial charge < -0.3 is 11.1 Å². The van der Waals surface area contributed by atoms with E-state index < -0.39 is 0 Å². The van der Waals surface area contributed by atoms with Crippen LogP contribution in [0.15, 0.2) is 30.3 Å². The third-order valence-corrected chi connectivity index (χ3v) is 4.44. The summed E-state index contributed by atoms with van der Waals surface area (Å²) in [6, 6.07) is 9.63. The van der Waals surface area contributed by atoms with Crippen molar-refractivity contribution in [3.05, 3.63) is 40.2 Å². The largest absolute Gasteiger partial charge is 0.368 e. The zero-order valence-corrected chi connectivity index (χ0v) is 12.4. The van der Waals surface area contributed by atoms with E-state index in [-0.39, 0.29) is 5.95 Å². The Morgan fingerprint density at radius 1 is 1.30 bits per heavy atom. The Bertz CT molecular complexity index is 769. The van der Waals surface area contributed by atoms with Crippen molar-refractivity contribution in [2.75, 3.05) is 11.1 Å². The van der Waals surface area contributed by atoms with Crippen LogP contribution in [-0.2, 0) is 6.42 Å². The molecule has 4 nitrogen and oxygen atoms in total. The highest BCUT2D eigenvalue weighted by molar-refractivity contribution is 7.18. The Labute approximate surface area is 125 Å². The molecule has 0 saturated heterocycles. The number of fused-ring (bicyclic) bond motifs is 1. The third kappa shape index (κ3) is 2.42. The molecule has 3 N–H and O–H groups in total. The summed E-state index contributed by atoms with van der Waals surface area (Å²) in [6.45, 7) is 2.11. The SMILES string of the molecule is CCc1cc2c(Nc3ccccc3Cl)nc(N)nc2s1. The average molecular weight is 305 g/mol. The van der Waals surface area contributed by atoms with Crippen molar-refractivity contribution < 1.29 is 0 Å². The van der Waals surface area contributed by atoms with E-state index >= 15 is 0 Å². The summed E-state index contributed by atoms with van der Waals surface area (Å²) in [6.07, 6.45) is 0.965. The number of aromatic nitrogens is 2. The smallest absolute Gasteiger partial charge is 0.223 e. The fourth-order valence-corrected chi connectivity index (χ4v) is 3.10. The zero-order valence-electron chi connectivity index (χ0n) is 10.9. The summed E-state index contributed by atoms with van der Waals surface area (Å²) in [7, 11) is 0. The number of rotatable bonds is 3. The maximum absolute atomic E-state index is 6.16. The second kappa shape index (κ2) is 5.26. The number of halogens is 1. The number of para-hydroxylation sites is 1. The minimum absolute atomic E-state index is 0.261. The molecule has 2 aromatic heterocycles. The predicted molar refractivity (Wildman–Crippen MR) is 85.9 cm³/mol. The fourth-order valence-electron chi connectivity index (χ4n) is 1.95. The minimum atomic E-state index is 0.261. The van der Waals surface area contributed by atoms with Gasteiger partial charge in [0, 0.05) is 4.88 Å². The second-order valence-corrected chi connectivity index (χ2v) is 5.84. The highest BCUT2D eigenvalue weighted by atomic mass is 35.5. The number of nitrogens with one attached hydrogen (secondary N) is 1. The summed E-state index contributed by atoms with van der Waals surface area (Å²) in [4.78, 5) is 10.7. The van der Waals surface area contributed by atoms with Crippen molar-refractivity contribution in [3.8, 4) is 0 Å². The number of hydrogen-bond donors (Lipinski definition) is 2. The summed E-state index contributed by atoms with van der Waals surface area (Å²) < 4.78 is 0. The van der Waals surface area contributed by atoms with Crippen molar-refractivity contribution in [1.29, 1.82) is 0 Å². The standard InChI is InChI=1S/C14H13ClN4S/c1-2-8-7-9-12(18-14(16)19-13(9)20-8)17-11-6-4-3-5-10(11)15/h3-7H,2H2,1H3,(H3,16,17,18,19). The monoisotopic (exact) mass is 304 g/mol. The van der Waals surface area contributed by atoms with Gasteiger partial charge in [0.1, 0.15) is 10.6 Å². The van der Waals surface area contributed by atoms with Crippen LogP contribution in [0, 0.1) is 0 Å². The van der Waals surface area contributed by atoms with Gasteiger partial charge in [-0.3, -0.25) is 0 Å². The molecule has 20 heavy (non-hydrogen) atoms. The molecule has 0 aliphatic rings. The number of benzene rings is 1. The molecule has 0 amide bonds. The molecule has 1 aromatic carbocycles. The number of anilines is 3. The quantitative estimate of drug-likeness (QED) is 0.760. The molecular formula is C14H13ClN4S. The fraction of sp³-hybridized carbons (Fsp3) is 0.143. The molecule has 2 heterocycles.